The molecule has 4 aromatic rings. The van der Waals surface area contributed by atoms with Gasteiger partial charge in [-0.2, -0.15) is 8.42 Å². The molecule has 32 heavy (non-hydrogen) atoms. The van der Waals surface area contributed by atoms with Crippen molar-refractivity contribution >= 4 is 43.1 Å². The molecule has 8 nitrogen and oxygen atoms in total. The summed E-state index contributed by atoms with van der Waals surface area (Å²) in [6, 6.07) is 15.9. The highest BCUT2D eigenvalue weighted by molar-refractivity contribution is 7.90. The summed E-state index contributed by atoms with van der Waals surface area (Å²) in [5.74, 6) is -0.526. The van der Waals surface area contributed by atoms with Crippen LogP contribution in [0.4, 0.5) is 5.69 Å². The SMILES string of the molecule is Cc1ccc(CNn2c(=O)c(C3=NS(=O)(=O)c4ccccc4N3)c(O)c3sccc32)cc1. The predicted octanol–water partition coefficient (Wildman–Crippen LogP) is 3.38. The zero-order valence-corrected chi connectivity index (χ0v) is 18.5. The van der Waals surface area contributed by atoms with Crippen molar-refractivity contribution in [2.24, 2.45) is 4.40 Å². The average molecular weight is 467 g/mol. The van der Waals surface area contributed by atoms with Crippen LogP contribution in [0, 0.1) is 6.92 Å². The molecule has 5 rings (SSSR count). The minimum atomic E-state index is -4.04. The first kappa shape index (κ1) is 20.3. The molecule has 0 saturated carbocycles. The largest absolute Gasteiger partial charge is 0.505 e. The number of hydrogen-bond donors (Lipinski definition) is 3. The Morgan fingerprint density at radius 1 is 1.12 bits per heavy atom. The number of amidine groups is 1. The number of benzene rings is 2. The highest BCUT2D eigenvalue weighted by atomic mass is 32.2. The van der Waals surface area contributed by atoms with Crippen molar-refractivity contribution in [1.29, 1.82) is 0 Å². The number of aromatic nitrogens is 1. The van der Waals surface area contributed by atoms with Gasteiger partial charge in [-0.3, -0.25) is 4.79 Å². The monoisotopic (exact) mass is 466 g/mol. The van der Waals surface area contributed by atoms with E-state index < -0.39 is 15.6 Å². The van der Waals surface area contributed by atoms with Gasteiger partial charge in [0, 0.05) is 0 Å². The van der Waals surface area contributed by atoms with Gasteiger partial charge in [0.1, 0.15) is 10.5 Å². The van der Waals surface area contributed by atoms with Gasteiger partial charge in [0.05, 0.1) is 22.4 Å². The number of thiophene rings is 1. The van der Waals surface area contributed by atoms with Crippen LogP contribution in [0.2, 0.25) is 0 Å². The van der Waals surface area contributed by atoms with Crippen molar-refractivity contribution in [1.82, 2.24) is 4.68 Å². The number of nitrogens with one attached hydrogen (secondary N) is 2. The molecule has 0 fully saturated rings. The first-order valence-corrected chi connectivity index (χ1v) is 12.0. The summed E-state index contributed by atoms with van der Waals surface area (Å²) in [6.45, 7) is 2.35. The Bertz CT molecular complexity index is 1550. The lowest BCUT2D eigenvalue weighted by atomic mass is 10.1. The van der Waals surface area contributed by atoms with Gasteiger partial charge < -0.3 is 15.8 Å². The maximum absolute atomic E-state index is 13.4. The Balaban J connectivity index is 1.64. The van der Waals surface area contributed by atoms with Gasteiger partial charge in [0.15, 0.2) is 11.6 Å². The Morgan fingerprint density at radius 3 is 2.66 bits per heavy atom. The summed E-state index contributed by atoms with van der Waals surface area (Å²) in [4.78, 5) is 13.4. The maximum atomic E-state index is 13.4. The van der Waals surface area contributed by atoms with Gasteiger partial charge in [0.2, 0.25) is 0 Å². The van der Waals surface area contributed by atoms with Crippen LogP contribution in [0.3, 0.4) is 0 Å². The molecule has 3 heterocycles. The predicted molar refractivity (Wildman–Crippen MR) is 126 cm³/mol. The number of nitrogens with zero attached hydrogens (tertiary/aromatic N) is 2. The third-order valence-corrected chi connectivity index (χ3v) is 7.43. The molecule has 0 atom stereocenters. The van der Waals surface area contributed by atoms with Gasteiger partial charge in [-0.15, -0.1) is 15.7 Å². The molecule has 0 radical (unpaired) electrons. The first-order chi connectivity index (χ1) is 15.3. The van der Waals surface area contributed by atoms with Gasteiger partial charge in [-0.1, -0.05) is 42.0 Å². The fraction of sp³-hybridized carbons (Fsp3) is 0.0909. The number of pyridine rings is 1. The zero-order valence-electron chi connectivity index (χ0n) is 16.9. The molecule has 0 bridgehead atoms. The van der Waals surface area contributed by atoms with Crippen molar-refractivity contribution in [3.05, 3.63) is 87.0 Å². The molecule has 1 aliphatic rings. The van der Waals surface area contributed by atoms with E-state index in [9.17, 15) is 18.3 Å². The molecular formula is C22H18N4O4S2. The lowest BCUT2D eigenvalue weighted by Crippen LogP contribution is -2.36. The second-order valence-electron chi connectivity index (χ2n) is 7.36. The van der Waals surface area contributed by atoms with Crippen LogP contribution in [0.1, 0.15) is 16.7 Å². The number of anilines is 1. The van der Waals surface area contributed by atoms with Crippen LogP contribution >= 0.6 is 11.3 Å². The highest BCUT2D eigenvalue weighted by Gasteiger charge is 2.30. The molecule has 162 valence electrons. The van der Waals surface area contributed by atoms with Crippen LogP contribution in [-0.4, -0.2) is 24.0 Å². The first-order valence-electron chi connectivity index (χ1n) is 9.71. The van der Waals surface area contributed by atoms with Gasteiger partial charge in [0.25, 0.3) is 15.6 Å². The van der Waals surface area contributed by atoms with E-state index in [1.807, 2.05) is 31.2 Å². The molecular weight excluding hydrogens is 448 g/mol. The summed E-state index contributed by atoms with van der Waals surface area (Å²) < 4.78 is 30.9. The fourth-order valence-electron chi connectivity index (χ4n) is 3.56. The molecule has 2 aromatic heterocycles. The van der Waals surface area contributed by atoms with E-state index in [0.717, 1.165) is 11.1 Å². The van der Waals surface area contributed by atoms with Crippen molar-refractivity contribution in [2.45, 2.75) is 18.4 Å². The zero-order chi connectivity index (χ0) is 22.5. The third-order valence-electron chi connectivity index (χ3n) is 5.18. The lowest BCUT2D eigenvalue weighted by Gasteiger charge is -2.20. The highest BCUT2D eigenvalue weighted by Crippen LogP contribution is 2.34. The Kier molecular flexibility index (Phi) is 4.75. The van der Waals surface area contributed by atoms with Crippen molar-refractivity contribution in [2.75, 3.05) is 10.7 Å². The second kappa shape index (κ2) is 7.50. The van der Waals surface area contributed by atoms with Crippen molar-refractivity contribution in [3.63, 3.8) is 0 Å². The van der Waals surface area contributed by atoms with Gasteiger partial charge in [-0.05, 0) is 36.1 Å². The Labute approximate surface area is 187 Å². The van der Waals surface area contributed by atoms with E-state index >= 15 is 0 Å². The normalized spacial score (nSPS) is 14.5. The summed E-state index contributed by atoms with van der Waals surface area (Å²) in [5, 5.41) is 15.5. The minimum absolute atomic E-state index is 0.0123. The van der Waals surface area contributed by atoms with Crippen LogP contribution in [0.15, 0.2) is 74.1 Å². The number of fused-ring (bicyclic) bond motifs is 2. The summed E-state index contributed by atoms with van der Waals surface area (Å²) in [6.07, 6.45) is 0. The van der Waals surface area contributed by atoms with Crippen LogP contribution < -0.4 is 16.3 Å². The van der Waals surface area contributed by atoms with E-state index in [4.69, 9.17) is 0 Å². The van der Waals surface area contributed by atoms with E-state index in [-0.39, 0.29) is 22.0 Å². The molecule has 2 aromatic carbocycles. The molecule has 10 heteroatoms. The van der Waals surface area contributed by atoms with Gasteiger partial charge >= 0.3 is 0 Å². The molecule has 0 spiro atoms. The molecule has 0 unspecified atom stereocenters. The van der Waals surface area contributed by atoms with Crippen LogP contribution in [0.5, 0.6) is 5.75 Å². The van der Waals surface area contributed by atoms with E-state index in [2.05, 4.69) is 15.1 Å². The number of hydrogen-bond acceptors (Lipinski definition) is 7. The van der Waals surface area contributed by atoms with Crippen LogP contribution in [-0.2, 0) is 16.6 Å². The number of rotatable bonds is 4. The number of aromatic hydroxyl groups is 1. The fourth-order valence-corrected chi connectivity index (χ4v) is 5.51. The smallest absolute Gasteiger partial charge is 0.286 e. The van der Waals surface area contributed by atoms with Crippen LogP contribution in [0.25, 0.3) is 10.2 Å². The molecule has 0 saturated heterocycles. The summed E-state index contributed by atoms with van der Waals surface area (Å²) >= 11 is 1.24. The molecule has 0 aliphatic carbocycles. The standard InChI is InChI=1S/C22H18N4O4S2/c1-13-6-8-14(9-7-13)12-23-26-16-10-11-31-20(16)19(27)18(22(26)28)21-24-15-4-2-3-5-17(15)32(29,30)25-21/h2-11,23,27H,12H2,1H3,(H,24,25). The van der Waals surface area contributed by atoms with Crippen molar-refractivity contribution in [3.8, 4) is 5.75 Å². The summed E-state index contributed by atoms with van der Waals surface area (Å²) in [5.41, 5.74) is 5.14. The van der Waals surface area contributed by atoms with Crippen molar-refractivity contribution < 1.29 is 13.5 Å². The molecule has 1 aliphatic heterocycles. The number of para-hydroxylation sites is 1. The van der Waals surface area contributed by atoms with Gasteiger partial charge in [-0.25, -0.2) is 4.68 Å². The third kappa shape index (κ3) is 3.33. The summed E-state index contributed by atoms with van der Waals surface area (Å²) in [7, 11) is -4.04. The van der Waals surface area contributed by atoms with E-state index in [0.29, 0.717) is 22.4 Å². The van der Waals surface area contributed by atoms with E-state index in [1.54, 1.807) is 29.6 Å². The Hall–Kier alpha value is -3.63. The second-order valence-corrected chi connectivity index (χ2v) is 9.84. The van der Waals surface area contributed by atoms with E-state index in [1.165, 1.54) is 22.1 Å². The minimum Gasteiger partial charge on any atom is -0.505 e. The molecule has 0 amide bonds. The average Bonchev–Trinajstić information content (AvgIpc) is 3.25. The number of sulfonamides is 1. The topological polar surface area (TPSA) is 113 Å². The lowest BCUT2D eigenvalue weighted by molar-refractivity contribution is 0.479. The Morgan fingerprint density at radius 2 is 1.88 bits per heavy atom. The molecule has 3 N–H and O–H groups in total. The maximum Gasteiger partial charge on any atom is 0.286 e. The quantitative estimate of drug-likeness (QED) is 0.425. The number of aryl methyl sites for hydroxylation is 1.